The van der Waals surface area contributed by atoms with E-state index in [0.29, 0.717) is 19.1 Å². The lowest BCUT2D eigenvalue weighted by Gasteiger charge is -2.15. The van der Waals surface area contributed by atoms with E-state index in [-0.39, 0.29) is 0 Å². The first-order valence-electron chi connectivity index (χ1n) is 6.62. The molecule has 0 radical (unpaired) electrons. The van der Waals surface area contributed by atoms with Crippen LogP contribution in [-0.4, -0.2) is 48.5 Å². The van der Waals surface area contributed by atoms with Crippen molar-refractivity contribution in [3.63, 3.8) is 0 Å². The van der Waals surface area contributed by atoms with Crippen LogP contribution < -0.4 is 10.6 Å². The third-order valence-electron chi connectivity index (χ3n) is 3.21. The Balaban J connectivity index is 2.11. The number of methoxy groups -OCH3 is 1. The molecule has 0 spiro atoms. The Hall–Kier alpha value is -1.40. The summed E-state index contributed by atoms with van der Waals surface area (Å²) in [6.07, 6.45) is 1.79. The highest BCUT2D eigenvalue weighted by Crippen LogP contribution is 2.39. The van der Waals surface area contributed by atoms with E-state index < -0.39 is 6.10 Å². The van der Waals surface area contributed by atoms with Crippen LogP contribution in [0.15, 0.2) is 0 Å². The summed E-state index contributed by atoms with van der Waals surface area (Å²) in [5.74, 6) is 3.02. The fourth-order valence-corrected chi connectivity index (χ4v) is 1.94. The highest BCUT2D eigenvalue weighted by molar-refractivity contribution is 5.57. The van der Waals surface area contributed by atoms with Gasteiger partial charge in [-0.3, -0.25) is 0 Å². The number of aromatic nitrogens is 2. The van der Waals surface area contributed by atoms with Crippen LogP contribution in [0.2, 0.25) is 0 Å². The van der Waals surface area contributed by atoms with E-state index in [1.165, 1.54) is 0 Å². The van der Waals surface area contributed by atoms with Crippen LogP contribution in [0.1, 0.15) is 30.1 Å². The number of aliphatic hydroxyl groups is 1. The molecule has 19 heavy (non-hydrogen) atoms. The zero-order valence-corrected chi connectivity index (χ0v) is 11.7. The molecule has 6 nitrogen and oxygen atoms in total. The van der Waals surface area contributed by atoms with E-state index in [2.05, 4.69) is 20.6 Å². The Morgan fingerprint density at radius 2 is 2.05 bits per heavy atom. The number of anilines is 2. The van der Waals surface area contributed by atoms with Crippen molar-refractivity contribution in [3.8, 4) is 0 Å². The van der Waals surface area contributed by atoms with Crippen LogP contribution in [0.3, 0.4) is 0 Å². The van der Waals surface area contributed by atoms with Crippen molar-refractivity contribution in [2.45, 2.75) is 31.8 Å². The molecule has 2 rings (SSSR count). The van der Waals surface area contributed by atoms with Gasteiger partial charge in [-0.25, -0.2) is 9.97 Å². The lowest BCUT2D eigenvalue weighted by Crippen LogP contribution is -2.25. The van der Waals surface area contributed by atoms with Gasteiger partial charge in [-0.05, 0) is 19.8 Å². The second-order valence-electron chi connectivity index (χ2n) is 4.92. The lowest BCUT2D eigenvalue weighted by atomic mass is 10.2. The Morgan fingerprint density at radius 1 is 1.37 bits per heavy atom. The van der Waals surface area contributed by atoms with Crippen molar-refractivity contribution in [1.82, 2.24) is 9.97 Å². The molecule has 6 heteroatoms. The average Bonchev–Trinajstić information content (AvgIpc) is 3.22. The van der Waals surface area contributed by atoms with Gasteiger partial charge < -0.3 is 20.5 Å². The second-order valence-corrected chi connectivity index (χ2v) is 4.92. The minimum Gasteiger partial charge on any atom is -0.389 e. The molecule has 106 valence electrons. The van der Waals surface area contributed by atoms with Crippen LogP contribution in [0.5, 0.6) is 0 Å². The zero-order valence-electron chi connectivity index (χ0n) is 11.7. The smallest absolute Gasteiger partial charge is 0.136 e. The van der Waals surface area contributed by atoms with E-state index in [4.69, 9.17) is 4.74 Å². The fraction of sp³-hybridized carbons (Fsp3) is 0.692. The average molecular weight is 266 g/mol. The first-order chi connectivity index (χ1) is 9.15. The SMILES string of the molecule is CNc1nc(C2CC2)nc(NCC(O)COC)c1C. The minimum absolute atomic E-state index is 0.311. The maximum absolute atomic E-state index is 9.67. The number of nitrogens with one attached hydrogen (secondary N) is 2. The quantitative estimate of drug-likeness (QED) is 0.686. The van der Waals surface area contributed by atoms with Crippen LogP contribution in [-0.2, 0) is 4.74 Å². The van der Waals surface area contributed by atoms with Gasteiger partial charge in [0.1, 0.15) is 17.5 Å². The molecule has 1 aliphatic rings. The normalized spacial score (nSPS) is 16.2. The molecule has 1 saturated carbocycles. The third-order valence-corrected chi connectivity index (χ3v) is 3.21. The summed E-state index contributed by atoms with van der Waals surface area (Å²) in [6, 6.07) is 0. The molecule has 1 heterocycles. The van der Waals surface area contributed by atoms with Gasteiger partial charge in [0.15, 0.2) is 0 Å². The predicted octanol–water partition coefficient (Wildman–Crippen LogP) is 1.12. The van der Waals surface area contributed by atoms with E-state index in [9.17, 15) is 5.11 Å². The Labute approximate surface area is 113 Å². The number of rotatable bonds is 7. The molecule has 3 N–H and O–H groups in total. The van der Waals surface area contributed by atoms with Crippen LogP contribution in [0.25, 0.3) is 0 Å². The van der Waals surface area contributed by atoms with Gasteiger partial charge in [0.2, 0.25) is 0 Å². The molecule has 1 fully saturated rings. The summed E-state index contributed by atoms with van der Waals surface area (Å²) in [6.45, 7) is 2.69. The molecule has 0 aromatic carbocycles. The van der Waals surface area contributed by atoms with E-state index in [1.807, 2.05) is 14.0 Å². The molecule has 1 unspecified atom stereocenters. The maximum Gasteiger partial charge on any atom is 0.136 e. The highest BCUT2D eigenvalue weighted by Gasteiger charge is 2.28. The van der Waals surface area contributed by atoms with Crippen molar-refractivity contribution in [3.05, 3.63) is 11.4 Å². The number of hydrogen-bond donors (Lipinski definition) is 3. The van der Waals surface area contributed by atoms with Gasteiger partial charge in [-0.2, -0.15) is 0 Å². The van der Waals surface area contributed by atoms with Gasteiger partial charge in [-0.15, -0.1) is 0 Å². The van der Waals surface area contributed by atoms with Crippen molar-refractivity contribution in [2.24, 2.45) is 0 Å². The van der Waals surface area contributed by atoms with E-state index in [0.717, 1.165) is 35.9 Å². The number of nitrogens with zero attached hydrogens (tertiary/aromatic N) is 2. The van der Waals surface area contributed by atoms with Crippen molar-refractivity contribution < 1.29 is 9.84 Å². The van der Waals surface area contributed by atoms with Crippen LogP contribution in [0.4, 0.5) is 11.6 Å². The monoisotopic (exact) mass is 266 g/mol. The zero-order chi connectivity index (χ0) is 13.8. The summed E-state index contributed by atoms with van der Waals surface area (Å²) in [5.41, 5.74) is 0.969. The topological polar surface area (TPSA) is 79.3 Å². The van der Waals surface area contributed by atoms with Crippen molar-refractivity contribution in [2.75, 3.05) is 37.9 Å². The molecule has 1 aliphatic carbocycles. The molecule has 1 aromatic heterocycles. The summed E-state index contributed by atoms with van der Waals surface area (Å²) in [7, 11) is 3.43. The highest BCUT2D eigenvalue weighted by atomic mass is 16.5. The molecule has 0 amide bonds. The molecular formula is C13H22N4O2. The molecular weight excluding hydrogens is 244 g/mol. The van der Waals surface area contributed by atoms with Crippen molar-refractivity contribution >= 4 is 11.6 Å². The summed E-state index contributed by atoms with van der Waals surface area (Å²) < 4.78 is 4.90. The summed E-state index contributed by atoms with van der Waals surface area (Å²) in [4.78, 5) is 9.09. The van der Waals surface area contributed by atoms with Gasteiger partial charge in [0, 0.05) is 32.2 Å². The third kappa shape index (κ3) is 3.54. The van der Waals surface area contributed by atoms with E-state index in [1.54, 1.807) is 7.11 Å². The molecule has 1 atom stereocenters. The standard InChI is InChI=1S/C13H22N4O2/c1-8-11(14-2)16-13(9-4-5-9)17-12(8)15-6-10(18)7-19-3/h9-10,18H,4-7H2,1-3H3,(H2,14,15,16,17). The van der Waals surface area contributed by atoms with Crippen LogP contribution >= 0.6 is 0 Å². The lowest BCUT2D eigenvalue weighted by molar-refractivity contribution is 0.0727. The summed E-state index contributed by atoms with van der Waals surface area (Å²) in [5, 5.41) is 15.9. The van der Waals surface area contributed by atoms with E-state index >= 15 is 0 Å². The van der Waals surface area contributed by atoms with Gasteiger partial charge in [-0.1, -0.05) is 0 Å². The van der Waals surface area contributed by atoms with Crippen LogP contribution in [0, 0.1) is 6.92 Å². The number of ether oxygens (including phenoxy) is 1. The Morgan fingerprint density at radius 3 is 2.63 bits per heavy atom. The predicted molar refractivity (Wildman–Crippen MR) is 74.7 cm³/mol. The Kier molecular flexibility index (Phi) is 4.55. The fourth-order valence-electron chi connectivity index (χ4n) is 1.94. The number of aliphatic hydroxyl groups excluding tert-OH is 1. The number of hydrogen-bond acceptors (Lipinski definition) is 6. The van der Waals surface area contributed by atoms with Gasteiger partial charge in [0.05, 0.1) is 12.7 Å². The van der Waals surface area contributed by atoms with Gasteiger partial charge >= 0.3 is 0 Å². The molecule has 0 saturated heterocycles. The first-order valence-corrected chi connectivity index (χ1v) is 6.62. The first kappa shape index (κ1) is 14.0. The largest absolute Gasteiger partial charge is 0.389 e. The molecule has 0 bridgehead atoms. The van der Waals surface area contributed by atoms with Gasteiger partial charge in [0.25, 0.3) is 0 Å². The summed E-state index contributed by atoms with van der Waals surface area (Å²) >= 11 is 0. The molecule has 0 aliphatic heterocycles. The van der Waals surface area contributed by atoms with Crippen molar-refractivity contribution in [1.29, 1.82) is 0 Å². The minimum atomic E-state index is -0.540. The molecule has 1 aromatic rings. The maximum atomic E-state index is 9.67. The second kappa shape index (κ2) is 6.16. The Bertz CT molecular complexity index is 435.